The third kappa shape index (κ3) is 5.97. The molecule has 0 radical (unpaired) electrons. The van der Waals surface area contributed by atoms with Crippen LogP contribution < -0.4 is 10.6 Å². The minimum atomic E-state index is -0.584. The van der Waals surface area contributed by atoms with E-state index in [4.69, 9.17) is 26.9 Å². The first-order chi connectivity index (χ1) is 17.2. The van der Waals surface area contributed by atoms with Gasteiger partial charge in [-0.3, -0.25) is 4.90 Å². The first-order valence-electron chi connectivity index (χ1n) is 12.3. The van der Waals surface area contributed by atoms with Crippen molar-refractivity contribution in [2.75, 3.05) is 19.7 Å². The number of rotatable bonds is 7. The number of aromatic nitrogens is 1. The van der Waals surface area contributed by atoms with Crippen LogP contribution in [0.2, 0.25) is 5.02 Å². The van der Waals surface area contributed by atoms with E-state index in [0.717, 1.165) is 40.8 Å². The van der Waals surface area contributed by atoms with Crippen molar-refractivity contribution in [2.45, 2.75) is 52.2 Å². The summed E-state index contributed by atoms with van der Waals surface area (Å²) in [5.74, 6) is 6.63. The number of halogens is 1. The summed E-state index contributed by atoms with van der Waals surface area (Å²) >= 11 is 6.30. The van der Waals surface area contributed by atoms with E-state index in [1.807, 2.05) is 82.4 Å². The number of amides is 1. The first-order valence-corrected chi connectivity index (χ1v) is 12.7. The summed E-state index contributed by atoms with van der Waals surface area (Å²) in [5.41, 5.74) is 3.58. The highest BCUT2D eigenvalue weighted by atomic mass is 35.5. The summed E-state index contributed by atoms with van der Waals surface area (Å²) in [5, 5.41) is 3.44. The molecule has 0 fully saturated rings. The normalized spacial score (nSPS) is 15.8. The molecular weight excluding hydrogens is 476 g/mol. The van der Waals surface area contributed by atoms with Crippen molar-refractivity contribution in [2.24, 2.45) is 5.84 Å². The Balaban J connectivity index is 1.59. The zero-order valence-electron chi connectivity index (χ0n) is 21.4. The highest BCUT2D eigenvalue weighted by molar-refractivity contribution is 6.31. The third-order valence-corrected chi connectivity index (χ3v) is 6.32. The van der Waals surface area contributed by atoms with E-state index < -0.39 is 5.60 Å². The Morgan fingerprint density at radius 2 is 2.00 bits per heavy atom. The van der Waals surface area contributed by atoms with Gasteiger partial charge in [0.25, 0.3) is 0 Å². The fourth-order valence-electron chi connectivity index (χ4n) is 4.57. The molecular formula is C28H35ClN4O3. The largest absolute Gasteiger partial charge is 0.494 e. The zero-order chi connectivity index (χ0) is 25.9. The molecule has 36 heavy (non-hydrogen) atoms. The lowest BCUT2D eigenvalue weighted by molar-refractivity contribution is 0.0175. The molecule has 0 saturated carbocycles. The topological polar surface area (TPSA) is 83.8 Å². The second-order valence-corrected chi connectivity index (χ2v) is 10.5. The molecule has 1 amide bonds. The quantitative estimate of drug-likeness (QED) is 0.225. The number of aromatic amines is 1. The standard InChI is InChI=1S/C28H35ClN4O3/c1-5-14-32(30)15-6-17-35-21-10-7-19(8-11-21)26-25-22(23-18-20(29)9-12-24(23)31-25)13-16-33(26)27(34)36-28(2,3)4/h5,7-12,14,18,26,31H,6,13,15-17,30H2,1-4H3/b14-5-. The average molecular weight is 511 g/mol. The lowest BCUT2D eigenvalue weighted by Crippen LogP contribution is -2.43. The number of benzene rings is 2. The van der Waals surface area contributed by atoms with Crippen molar-refractivity contribution < 1.29 is 14.3 Å². The van der Waals surface area contributed by atoms with Crippen molar-refractivity contribution in [1.82, 2.24) is 14.9 Å². The van der Waals surface area contributed by atoms with Crippen molar-refractivity contribution in [3.05, 3.63) is 76.6 Å². The molecule has 192 valence electrons. The lowest BCUT2D eigenvalue weighted by atomic mass is 9.92. The van der Waals surface area contributed by atoms with Crippen molar-refractivity contribution in [1.29, 1.82) is 0 Å². The number of hydrogen-bond acceptors (Lipinski definition) is 5. The lowest BCUT2D eigenvalue weighted by Gasteiger charge is -2.37. The number of hydrogen-bond donors (Lipinski definition) is 2. The second kappa shape index (κ2) is 10.8. The zero-order valence-corrected chi connectivity index (χ0v) is 22.1. The molecule has 3 aromatic rings. The predicted molar refractivity (Wildman–Crippen MR) is 144 cm³/mol. The molecule has 1 aliphatic rings. The highest BCUT2D eigenvalue weighted by Gasteiger charge is 2.36. The van der Waals surface area contributed by atoms with Crippen LogP contribution in [0.3, 0.4) is 0 Å². The van der Waals surface area contributed by atoms with E-state index >= 15 is 0 Å². The fourth-order valence-corrected chi connectivity index (χ4v) is 4.75. The van der Waals surface area contributed by atoms with Crippen LogP contribution in [0, 0.1) is 0 Å². The Labute approximate surface area is 217 Å². The van der Waals surface area contributed by atoms with E-state index in [-0.39, 0.29) is 12.1 Å². The monoisotopic (exact) mass is 510 g/mol. The van der Waals surface area contributed by atoms with Crippen LogP contribution in [0.5, 0.6) is 5.75 Å². The first kappa shape index (κ1) is 25.9. The number of nitrogens with zero attached hydrogens (tertiary/aromatic N) is 2. The van der Waals surface area contributed by atoms with E-state index in [0.29, 0.717) is 24.7 Å². The maximum Gasteiger partial charge on any atom is 0.411 e. The Morgan fingerprint density at radius 3 is 2.69 bits per heavy atom. The summed E-state index contributed by atoms with van der Waals surface area (Å²) < 4.78 is 11.7. The summed E-state index contributed by atoms with van der Waals surface area (Å²) in [6, 6.07) is 13.5. The maximum atomic E-state index is 13.2. The number of H-pyrrole nitrogens is 1. The van der Waals surface area contributed by atoms with Crippen molar-refractivity contribution in [3.63, 3.8) is 0 Å². The van der Waals surface area contributed by atoms with Gasteiger partial charge in [-0.25, -0.2) is 10.6 Å². The number of carbonyl (C=O) groups is 1. The Bertz CT molecular complexity index is 1230. The molecule has 7 nitrogen and oxygen atoms in total. The van der Waals surface area contributed by atoms with Gasteiger partial charge < -0.3 is 19.5 Å². The molecule has 0 spiro atoms. The molecule has 3 N–H and O–H groups in total. The Morgan fingerprint density at radius 1 is 1.25 bits per heavy atom. The second-order valence-electron chi connectivity index (χ2n) is 10.0. The number of nitrogens with one attached hydrogen (secondary N) is 1. The van der Waals surface area contributed by atoms with Gasteiger partial charge in [0.2, 0.25) is 0 Å². The molecule has 0 bridgehead atoms. The summed E-state index contributed by atoms with van der Waals surface area (Å²) in [6.07, 6.45) is 4.93. The molecule has 1 atom stereocenters. The van der Waals surface area contributed by atoms with Crippen LogP contribution in [0.25, 0.3) is 10.9 Å². The molecule has 2 aromatic carbocycles. The molecule has 1 unspecified atom stereocenters. The average Bonchev–Trinajstić information content (AvgIpc) is 3.18. The van der Waals surface area contributed by atoms with E-state index in [1.54, 1.807) is 9.91 Å². The minimum Gasteiger partial charge on any atom is -0.494 e. The van der Waals surface area contributed by atoms with Crippen LogP contribution in [-0.4, -0.2) is 46.3 Å². The number of hydrazine groups is 1. The molecule has 1 aromatic heterocycles. The molecule has 8 heteroatoms. The Hall–Kier alpha value is -3.16. The number of carbonyl (C=O) groups excluding carboxylic acids is 1. The number of fused-ring (bicyclic) bond motifs is 3. The van der Waals surface area contributed by atoms with E-state index in [1.165, 1.54) is 5.56 Å². The van der Waals surface area contributed by atoms with Crippen molar-refractivity contribution >= 4 is 28.6 Å². The van der Waals surface area contributed by atoms with Gasteiger partial charge >= 0.3 is 6.09 Å². The molecule has 0 aliphatic carbocycles. The summed E-state index contributed by atoms with van der Waals surface area (Å²) in [4.78, 5) is 18.6. The SMILES string of the molecule is C/C=C\N(N)CCCOc1ccc(C2c3[nH]c4ccc(Cl)cc4c3CCN2C(=O)OC(C)(C)C)cc1. The van der Waals surface area contributed by atoms with Gasteiger partial charge in [-0.2, -0.15) is 0 Å². The smallest absolute Gasteiger partial charge is 0.411 e. The van der Waals surface area contributed by atoms with Crippen molar-refractivity contribution in [3.8, 4) is 5.75 Å². The minimum absolute atomic E-state index is 0.310. The van der Waals surface area contributed by atoms with Gasteiger partial charge in [0.05, 0.1) is 6.61 Å². The van der Waals surface area contributed by atoms with Crippen LogP contribution >= 0.6 is 11.6 Å². The van der Waals surface area contributed by atoms with Crippen LogP contribution in [0.4, 0.5) is 4.79 Å². The van der Waals surface area contributed by atoms with Gasteiger partial charge in [0.1, 0.15) is 17.4 Å². The predicted octanol–water partition coefficient (Wildman–Crippen LogP) is 6.18. The van der Waals surface area contributed by atoms with E-state index in [9.17, 15) is 4.79 Å². The van der Waals surface area contributed by atoms with Crippen LogP contribution in [-0.2, 0) is 11.2 Å². The van der Waals surface area contributed by atoms with Gasteiger partial charge in [-0.1, -0.05) is 29.8 Å². The summed E-state index contributed by atoms with van der Waals surface area (Å²) in [7, 11) is 0. The number of allylic oxidation sites excluding steroid dienone is 1. The third-order valence-electron chi connectivity index (χ3n) is 6.08. The molecule has 4 rings (SSSR count). The molecule has 0 saturated heterocycles. The number of nitrogens with two attached hydrogens (primary N) is 1. The summed E-state index contributed by atoms with van der Waals surface area (Å²) in [6.45, 7) is 9.40. The van der Waals surface area contributed by atoms with Crippen LogP contribution in [0.1, 0.15) is 57.0 Å². The molecule has 2 heterocycles. The van der Waals surface area contributed by atoms with Gasteiger partial charge in [0.15, 0.2) is 0 Å². The fraction of sp³-hybridized carbons (Fsp3) is 0.393. The van der Waals surface area contributed by atoms with Gasteiger partial charge in [0, 0.05) is 47.3 Å². The number of ether oxygens (including phenoxy) is 2. The van der Waals surface area contributed by atoms with Gasteiger partial charge in [-0.05, 0) is 75.6 Å². The maximum absolute atomic E-state index is 13.2. The van der Waals surface area contributed by atoms with Crippen LogP contribution in [0.15, 0.2) is 54.7 Å². The molecule has 1 aliphatic heterocycles. The Kier molecular flexibility index (Phi) is 7.81. The highest BCUT2D eigenvalue weighted by Crippen LogP contribution is 2.40. The van der Waals surface area contributed by atoms with E-state index in [2.05, 4.69) is 4.98 Å². The van der Waals surface area contributed by atoms with Gasteiger partial charge in [-0.15, -0.1) is 0 Å².